The number of hydrogen-bond acceptors (Lipinski definition) is 5. The van der Waals surface area contributed by atoms with E-state index in [0.717, 1.165) is 25.7 Å². The van der Waals surface area contributed by atoms with Crippen molar-refractivity contribution >= 4 is 17.5 Å². The zero-order chi connectivity index (χ0) is 24.1. The lowest BCUT2D eigenvalue weighted by Crippen LogP contribution is -2.46. The molecule has 0 aliphatic heterocycles. The van der Waals surface area contributed by atoms with Gasteiger partial charge >= 0.3 is 0 Å². The van der Waals surface area contributed by atoms with Crippen LogP contribution in [0.15, 0.2) is 65.3 Å². The molecule has 1 aromatic heterocycles. The molecule has 178 valence electrons. The topological polar surface area (TPSA) is 81.0 Å². The first kappa shape index (κ1) is 23.4. The molecule has 3 aromatic rings. The van der Waals surface area contributed by atoms with Gasteiger partial charge in [-0.05, 0) is 43.2 Å². The van der Waals surface area contributed by atoms with Gasteiger partial charge in [-0.2, -0.15) is 0 Å². The fraction of sp³-hybridized carbons (Fsp3) is 0.308. The van der Waals surface area contributed by atoms with Gasteiger partial charge in [0.05, 0.1) is 26.2 Å². The quantitative estimate of drug-likeness (QED) is 0.512. The molecule has 1 fully saturated rings. The van der Waals surface area contributed by atoms with Crippen LogP contribution in [0.5, 0.6) is 11.5 Å². The average Bonchev–Trinajstić information content (AvgIpc) is 3.57. The molecule has 1 atom stereocenters. The molecule has 34 heavy (non-hydrogen) atoms. The van der Waals surface area contributed by atoms with Crippen molar-refractivity contribution in [2.45, 2.75) is 37.8 Å². The predicted molar refractivity (Wildman–Crippen MR) is 125 cm³/mol. The molecule has 8 heteroatoms. The van der Waals surface area contributed by atoms with Gasteiger partial charge in [0.25, 0.3) is 5.91 Å². The van der Waals surface area contributed by atoms with Crippen molar-refractivity contribution in [1.29, 1.82) is 0 Å². The number of carbonyl (C=O) groups is 2. The van der Waals surface area contributed by atoms with Crippen molar-refractivity contribution in [1.82, 2.24) is 5.32 Å². The maximum absolute atomic E-state index is 15.1. The van der Waals surface area contributed by atoms with E-state index in [1.54, 1.807) is 30.3 Å². The first-order chi connectivity index (χ1) is 16.5. The number of benzene rings is 2. The smallest absolute Gasteiger partial charge is 0.295 e. The molecule has 1 heterocycles. The van der Waals surface area contributed by atoms with Crippen LogP contribution in [0.1, 0.15) is 47.8 Å². The van der Waals surface area contributed by atoms with Gasteiger partial charge in [0.1, 0.15) is 23.4 Å². The number of furan rings is 1. The van der Waals surface area contributed by atoms with Crippen molar-refractivity contribution in [2.24, 2.45) is 0 Å². The van der Waals surface area contributed by atoms with Crippen molar-refractivity contribution in [3.05, 3.63) is 78.0 Å². The highest BCUT2D eigenvalue weighted by molar-refractivity contribution is 6.09. The van der Waals surface area contributed by atoms with Gasteiger partial charge in [-0.1, -0.05) is 31.0 Å². The summed E-state index contributed by atoms with van der Waals surface area (Å²) in [5.41, 5.74) is 0.306. The van der Waals surface area contributed by atoms with Crippen molar-refractivity contribution < 1.29 is 27.9 Å². The number of carbonyl (C=O) groups excluding carboxylic acids is 2. The van der Waals surface area contributed by atoms with E-state index in [4.69, 9.17) is 13.9 Å². The average molecular weight is 467 g/mol. The van der Waals surface area contributed by atoms with Crippen molar-refractivity contribution in [3.8, 4) is 11.5 Å². The number of rotatable bonds is 8. The van der Waals surface area contributed by atoms with Gasteiger partial charge in [0.2, 0.25) is 5.91 Å². The lowest BCUT2D eigenvalue weighted by molar-refractivity contribution is -0.123. The van der Waals surface area contributed by atoms with Gasteiger partial charge < -0.3 is 19.2 Å². The minimum atomic E-state index is -1.32. The Hall–Kier alpha value is -3.81. The molecule has 0 radical (unpaired) electrons. The largest absolute Gasteiger partial charge is 0.497 e. The Morgan fingerprint density at radius 1 is 1.06 bits per heavy atom. The van der Waals surface area contributed by atoms with Crippen LogP contribution < -0.4 is 19.7 Å². The van der Waals surface area contributed by atoms with Crippen LogP contribution in [0, 0.1) is 5.82 Å². The van der Waals surface area contributed by atoms with Crippen LogP contribution in [0.25, 0.3) is 0 Å². The standard InChI is InChI=1S/C26H27FN2O5/c1-32-18-13-14-22(33-2)21(16-18)29(26(31)23-12-7-15-34-23)24(19-10-5-6-11-20(19)27)25(30)28-17-8-3-4-9-17/h5-7,10-17,24H,3-4,8-9H2,1-2H3,(H,28,30). The van der Waals surface area contributed by atoms with Gasteiger partial charge in [0.15, 0.2) is 5.76 Å². The number of methoxy groups -OCH3 is 2. The second-order valence-electron chi connectivity index (χ2n) is 8.10. The van der Waals surface area contributed by atoms with Gasteiger partial charge in [-0.3, -0.25) is 14.5 Å². The molecular weight excluding hydrogens is 439 g/mol. The SMILES string of the molecule is COc1ccc(OC)c(N(C(=O)c2ccco2)C(C(=O)NC2CCCC2)c2ccccc2F)c1. The molecule has 2 amide bonds. The molecule has 1 unspecified atom stereocenters. The third-order valence-electron chi connectivity index (χ3n) is 6.00. The number of anilines is 1. The number of nitrogens with zero attached hydrogens (tertiary/aromatic N) is 1. The summed E-state index contributed by atoms with van der Waals surface area (Å²) in [5, 5.41) is 3.02. The number of nitrogens with one attached hydrogen (secondary N) is 1. The first-order valence-corrected chi connectivity index (χ1v) is 11.2. The van der Waals surface area contributed by atoms with Gasteiger partial charge in [0, 0.05) is 17.7 Å². The third kappa shape index (κ3) is 4.76. The fourth-order valence-corrected chi connectivity index (χ4v) is 4.31. The third-order valence-corrected chi connectivity index (χ3v) is 6.00. The number of ether oxygens (including phenoxy) is 2. The molecule has 1 saturated carbocycles. The normalized spacial score (nSPS) is 14.4. The summed E-state index contributed by atoms with van der Waals surface area (Å²) in [6, 6.07) is 12.5. The molecule has 0 bridgehead atoms. The summed E-state index contributed by atoms with van der Waals surface area (Å²) in [6.45, 7) is 0. The Morgan fingerprint density at radius 3 is 2.47 bits per heavy atom. The summed E-state index contributed by atoms with van der Waals surface area (Å²) in [5.74, 6) is -0.951. The van der Waals surface area contributed by atoms with Crippen LogP contribution >= 0.6 is 0 Å². The van der Waals surface area contributed by atoms with E-state index >= 15 is 4.39 Å². The monoisotopic (exact) mass is 466 g/mol. The second kappa shape index (κ2) is 10.4. The van der Waals surface area contributed by atoms with Crippen LogP contribution in [0.2, 0.25) is 0 Å². The lowest BCUT2D eigenvalue weighted by atomic mass is 10.0. The highest BCUT2D eigenvalue weighted by Crippen LogP contribution is 2.39. The summed E-state index contributed by atoms with van der Waals surface area (Å²) in [6.07, 6.45) is 5.06. The molecule has 4 rings (SSSR count). The highest BCUT2D eigenvalue weighted by atomic mass is 19.1. The van der Waals surface area contributed by atoms with Crippen LogP contribution in [-0.2, 0) is 4.79 Å². The molecule has 2 aromatic carbocycles. The van der Waals surface area contributed by atoms with Crippen LogP contribution in [0.3, 0.4) is 0 Å². The van der Waals surface area contributed by atoms with E-state index in [2.05, 4.69) is 5.32 Å². The fourth-order valence-electron chi connectivity index (χ4n) is 4.31. The summed E-state index contributed by atoms with van der Waals surface area (Å²) in [7, 11) is 2.95. The summed E-state index contributed by atoms with van der Waals surface area (Å²) in [4.78, 5) is 28.7. The molecule has 1 aliphatic rings. The number of amides is 2. The van der Waals surface area contributed by atoms with Crippen molar-refractivity contribution in [2.75, 3.05) is 19.1 Å². The van der Waals surface area contributed by atoms with E-state index in [1.165, 1.54) is 49.6 Å². The Labute approximate surface area is 197 Å². The Kier molecular flexibility index (Phi) is 7.15. The van der Waals surface area contributed by atoms with Gasteiger partial charge in [-0.15, -0.1) is 0 Å². The zero-order valence-electron chi connectivity index (χ0n) is 19.1. The zero-order valence-corrected chi connectivity index (χ0v) is 19.1. The number of halogens is 1. The van der Waals surface area contributed by atoms with E-state index < -0.39 is 23.7 Å². The molecule has 0 spiro atoms. The number of hydrogen-bond donors (Lipinski definition) is 1. The predicted octanol–water partition coefficient (Wildman–Crippen LogP) is 4.88. The van der Waals surface area contributed by atoms with Crippen LogP contribution in [0.4, 0.5) is 10.1 Å². The van der Waals surface area contributed by atoms with Gasteiger partial charge in [-0.25, -0.2) is 4.39 Å². The van der Waals surface area contributed by atoms with Crippen molar-refractivity contribution in [3.63, 3.8) is 0 Å². The molecule has 7 nitrogen and oxygen atoms in total. The minimum absolute atomic E-state index is 0.000112. The Balaban J connectivity index is 1.90. The minimum Gasteiger partial charge on any atom is -0.497 e. The lowest BCUT2D eigenvalue weighted by Gasteiger charge is -2.32. The molecule has 0 saturated heterocycles. The highest BCUT2D eigenvalue weighted by Gasteiger charge is 2.38. The van der Waals surface area contributed by atoms with E-state index in [-0.39, 0.29) is 23.1 Å². The first-order valence-electron chi connectivity index (χ1n) is 11.2. The van der Waals surface area contributed by atoms with E-state index in [1.807, 2.05) is 0 Å². The molecule has 1 N–H and O–H groups in total. The Morgan fingerprint density at radius 2 is 1.82 bits per heavy atom. The van der Waals surface area contributed by atoms with E-state index in [9.17, 15) is 9.59 Å². The summed E-state index contributed by atoms with van der Waals surface area (Å²) < 4.78 is 31.4. The Bertz CT molecular complexity index is 1140. The molecule has 1 aliphatic carbocycles. The summed E-state index contributed by atoms with van der Waals surface area (Å²) >= 11 is 0. The maximum Gasteiger partial charge on any atom is 0.295 e. The van der Waals surface area contributed by atoms with E-state index in [0.29, 0.717) is 11.5 Å². The second-order valence-corrected chi connectivity index (χ2v) is 8.10. The molecular formula is C26H27FN2O5. The maximum atomic E-state index is 15.1. The van der Waals surface area contributed by atoms with Crippen LogP contribution in [-0.4, -0.2) is 32.1 Å².